The highest BCUT2D eigenvalue weighted by Crippen LogP contribution is 2.40. The summed E-state index contributed by atoms with van der Waals surface area (Å²) in [6.07, 6.45) is 2.96. The van der Waals surface area contributed by atoms with Crippen molar-refractivity contribution in [3.63, 3.8) is 0 Å². The molecule has 0 radical (unpaired) electrons. The number of halogens is 2. The summed E-state index contributed by atoms with van der Waals surface area (Å²) in [4.78, 5) is 19.2. The minimum atomic E-state index is -0.210. The average molecular weight is 522 g/mol. The first-order valence-corrected chi connectivity index (χ1v) is 10.8. The van der Waals surface area contributed by atoms with Crippen LogP contribution in [0, 0.1) is 0 Å². The van der Waals surface area contributed by atoms with Crippen LogP contribution in [0.25, 0.3) is 39.0 Å². The van der Waals surface area contributed by atoms with E-state index in [-0.39, 0.29) is 5.56 Å². The zero-order chi connectivity index (χ0) is 20.7. The van der Waals surface area contributed by atoms with Crippen LogP contribution in [0.1, 0.15) is 0 Å². The van der Waals surface area contributed by atoms with Crippen LogP contribution < -0.4 is 5.56 Å². The predicted molar refractivity (Wildman–Crippen MR) is 126 cm³/mol. The van der Waals surface area contributed by atoms with Crippen LogP contribution in [-0.4, -0.2) is 19.7 Å². The van der Waals surface area contributed by atoms with Gasteiger partial charge in [-0.15, -0.1) is 0 Å². The van der Waals surface area contributed by atoms with Gasteiger partial charge < -0.3 is 4.98 Å². The molecule has 0 unspecified atom stereocenters. The summed E-state index contributed by atoms with van der Waals surface area (Å²) in [5, 5.41) is 4.95. The van der Waals surface area contributed by atoms with Crippen molar-refractivity contribution in [1.29, 1.82) is 0 Å². The smallest absolute Gasteiger partial charge is 0.261 e. The van der Waals surface area contributed by atoms with Gasteiger partial charge in [0.2, 0.25) is 0 Å². The maximum atomic E-state index is 12.2. The lowest BCUT2D eigenvalue weighted by Crippen LogP contribution is -2.07. The second-order valence-electron chi connectivity index (χ2n) is 6.71. The van der Waals surface area contributed by atoms with E-state index in [1.807, 2.05) is 42.5 Å². The van der Waals surface area contributed by atoms with Crippen molar-refractivity contribution in [3.05, 3.63) is 98.6 Å². The van der Waals surface area contributed by atoms with E-state index >= 15 is 0 Å². The Labute approximate surface area is 188 Å². The largest absolute Gasteiger partial charge is 0.312 e. The van der Waals surface area contributed by atoms with Gasteiger partial charge in [-0.25, -0.2) is 9.67 Å². The van der Waals surface area contributed by atoms with Crippen LogP contribution in [0.5, 0.6) is 0 Å². The third kappa shape index (κ3) is 3.20. The molecule has 0 aliphatic carbocycles. The number of H-pyrrole nitrogens is 1. The van der Waals surface area contributed by atoms with Crippen molar-refractivity contribution in [1.82, 2.24) is 19.7 Å². The second kappa shape index (κ2) is 7.66. The maximum absolute atomic E-state index is 12.2. The number of hydrogen-bond donors (Lipinski definition) is 1. The monoisotopic (exact) mass is 520 g/mol. The SMILES string of the molecule is O=c1[nH]cnc2c1cnn2-c1cccc(-c2ccc(Br)cc2)c1-c1ccccc1Br. The number of rotatable bonds is 3. The van der Waals surface area contributed by atoms with Crippen LogP contribution in [0.15, 0.2) is 93.0 Å². The molecule has 0 aliphatic heterocycles. The molecule has 30 heavy (non-hydrogen) atoms. The first kappa shape index (κ1) is 19.0. The Kier molecular flexibility index (Phi) is 4.84. The molecule has 0 fully saturated rings. The number of aromatic nitrogens is 4. The van der Waals surface area contributed by atoms with Gasteiger partial charge >= 0.3 is 0 Å². The number of benzene rings is 3. The first-order valence-electron chi connectivity index (χ1n) is 9.19. The molecule has 0 aliphatic rings. The van der Waals surface area contributed by atoms with Crippen molar-refractivity contribution in [2.75, 3.05) is 0 Å². The van der Waals surface area contributed by atoms with Crippen LogP contribution in [-0.2, 0) is 0 Å². The van der Waals surface area contributed by atoms with E-state index in [2.05, 4.69) is 71.2 Å². The zero-order valence-electron chi connectivity index (χ0n) is 15.5. The highest BCUT2D eigenvalue weighted by Gasteiger charge is 2.19. The van der Waals surface area contributed by atoms with Crippen molar-refractivity contribution in [2.24, 2.45) is 0 Å². The van der Waals surface area contributed by atoms with Gasteiger partial charge in [-0.3, -0.25) is 4.79 Å². The molecule has 0 atom stereocenters. The van der Waals surface area contributed by atoms with Gasteiger partial charge in [-0.1, -0.05) is 74.3 Å². The van der Waals surface area contributed by atoms with Crippen molar-refractivity contribution < 1.29 is 0 Å². The average Bonchev–Trinajstić information content (AvgIpc) is 3.20. The summed E-state index contributed by atoms with van der Waals surface area (Å²) in [7, 11) is 0. The molecule has 0 amide bonds. The highest BCUT2D eigenvalue weighted by molar-refractivity contribution is 9.10. The molecule has 5 rings (SSSR count). The van der Waals surface area contributed by atoms with Crippen LogP contribution >= 0.6 is 31.9 Å². The molecular weight excluding hydrogens is 508 g/mol. The predicted octanol–water partition coefficient (Wildman–Crippen LogP) is 5.97. The lowest BCUT2D eigenvalue weighted by atomic mass is 9.93. The van der Waals surface area contributed by atoms with Gasteiger partial charge in [0.05, 0.1) is 18.2 Å². The number of fused-ring (bicyclic) bond motifs is 1. The molecule has 1 N–H and O–H groups in total. The molecule has 3 aromatic carbocycles. The van der Waals surface area contributed by atoms with Gasteiger partial charge in [-0.2, -0.15) is 5.10 Å². The van der Waals surface area contributed by atoms with Crippen molar-refractivity contribution in [3.8, 4) is 27.9 Å². The summed E-state index contributed by atoms with van der Waals surface area (Å²) < 4.78 is 3.71. The van der Waals surface area contributed by atoms with Gasteiger partial charge in [0.15, 0.2) is 5.65 Å². The van der Waals surface area contributed by atoms with Gasteiger partial charge in [0, 0.05) is 14.5 Å². The Hall–Kier alpha value is -3.03. The Balaban J connectivity index is 1.87. The normalized spacial score (nSPS) is 11.1. The minimum Gasteiger partial charge on any atom is -0.312 e. The fourth-order valence-corrected chi connectivity index (χ4v) is 4.31. The Morgan fingerprint density at radius 1 is 0.867 bits per heavy atom. The molecule has 7 heteroatoms. The fourth-order valence-electron chi connectivity index (χ4n) is 3.57. The van der Waals surface area contributed by atoms with Gasteiger partial charge in [0.25, 0.3) is 5.56 Å². The van der Waals surface area contributed by atoms with E-state index < -0.39 is 0 Å². The van der Waals surface area contributed by atoms with E-state index in [1.54, 1.807) is 10.9 Å². The number of hydrogen-bond acceptors (Lipinski definition) is 3. The topological polar surface area (TPSA) is 63.6 Å². The number of nitrogens with one attached hydrogen (secondary N) is 1. The number of aromatic amines is 1. The van der Waals surface area contributed by atoms with E-state index in [9.17, 15) is 4.79 Å². The van der Waals surface area contributed by atoms with Crippen LogP contribution in [0.4, 0.5) is 0 Å². The van der Waals surface area contributed by atoms with Gasteiger partial charge in [0.1, 0.15) is 5.39 Å². The molecule has 0 bridgehead atoms. The zero-order valence-corrected chi connectivity index (χ0v) is 18.7. The summed E-state index contributed by atoms with van der Waals surface area (Å²) in [5.41, 5.74) is 5.31. The van der Waals surface area contributed by atoms with Crippen molar-refractivity contribution in [2.45, 2.75) is 0 Å². The molecule has 5 aromatic rings. The molecule has 0 saturated carbocycles. The summed E-state index contributed by atoms with van der Waals surface area (Å²) in [5.74, 6) is 0. The highest BCUT2D eigenvalue weighted by atomic mass is 79.9. The van der Waals surface area contributed by atoms with Crippen molar-refractivity contribution >= 4 is 42.9 Å². The quantitative estimate of drug-likeness (QED) is 0.318. The fraction of sp³-hybridized carbons (Fsp3) is 0. The van der Waals surface area contributed by atoms with E-state index in [1.165, 1.54) is 6.33 Å². The molecule has 2 aromatic heterocycles. The molecule has 0 spiro atoms. The first-order chi connectivity index (χ1) is 14.6. The summed E-state index contributed by atoms with van der Waals surface area (Å²) >= 11 is 7.21. The molecule has 2 heterocycles. The molecule has 146 valence electrons. The molecular formula is C23H14Br2N4O. The molecule has 0 saturated heterocycles. The van der Waals surface area contributed by atoms with E-state index in [0.717, 1.165) is 36.9 Å². The Bertz CT molecular complexity index is 1440. The minimum absolute atomic E-state index is 0.210. The summed E-state index contributed by atoms with van der Waals surface area (Å²) in [6.45, 7) is 0. The maximum Gasteiger partial charge on any atom is 0.261 e. The van der Waals surface area contributed by atoms with Crippen LogP contribution in [0.3, 0.4) is 0 Å². The standard InChI is InChI=1S/C23H14Br2N4O/c24-15-10-8-14(9-11-15)16-5-3-7-20(21(16)17-4-1-2-6-19(17)25)29-22-18(12-28-29)23(30)27-13-26-22/h1-13H,(H,26,27,30). The Morgan fingerprint density at radius 3 is 2.43 bits per heavy atom. The Morgan fingerprint density at radius 2 is 1.63 bits per heavy atom. The molecule has 5 nitrogen and oxygen atoms in total. The summed E-state index contributed by atoms with van der Waals surface area (Å²) in [6, 6.07) is 22.4. The third-order valence-corrected chi connectivity index (χ3v) is 6.16. The van der Waals surface area contributed by atoms with E-state index in [4.69, 9.17) is 0 Å². The third-order valence-electron chi connectivity index (χ3n) is 4.94. The lowest BCUT2D eigenvalue weighted by Gasteiger charge is -2.17. The van der Waals surface area contributed by atoms with E-state index in [0.29, 0.717) is 11.0 Å². The van der Waals surface area contributed by atoms with Crippen LogP contribution in [0.2, 0.25) is 0 Å². The lowest BCUT2D eigenvalue weighted by molar-refractivity contribution is 0.896. The number of nitrogens with zero attached hydrogens (tertiary/aromatic N) is 3. The van der Waals surface area contributed by atoms with Gasteiger partial charge in [-0.05, 0) is 41.0 Å². The second-order valence-corrected chi connectivity index (χ2v) is 8.48.